The molecule has 1 aliphatic rings. The Labute approximate surface area is 169 Å². The zero-order valence-corrected chi connectivity index (χ0v) is 17.6. The quantitative estimate of drug-likeness (QED) is 0.692. The van der Waals surface area contributed by atoms with E-state index < -0.39 is 20.7 Å². The molecule has 3 rings (SSSR count). The van der Waals surface area contributed by atoms with Gasteiger partial charge in [-0.25, -0.2) is 0 Å². The van der Waals surface area contributed by atoms with Crippen LogP contribution in [-0.2, 0) is 11.3 Å². The molecule has 2 aromatic rings. The van der Waals surface area contributed by atoms with Crippen LogP contribution in [-0.4, -0.2) is 37.6 Å². The Morgan fingerprint density at radius 2 is 1.90 bits per heavy atom. The Hall–Kier alpha value is -2.74. The highest BCUT2D eigenvalue weighted by atomic mass is 28.3. The van der Waals surface area contributed by atoms with Crippen molar-refractivity contribution in [2.45, 2.75) is 38.8 Å². The molecule has 0 aliphatic carbocycles. The number of nitrogens with zero attached hydrogens (tertiary/aromatic N) is 1. The molecule has 0 saturated carbocycles. The van der Waals surface area contributed by atoms with E-state index in [2.05, 4.69) is 29.7 Å². The molecular weight excluding hydrogens is 394 g/mol. The maximum atomic E-state index is 13.0. The lowest BCUT2D eigenvalue weighted by molar-refractivity contribution is -0.125. The van der Waals surface area contributed by atoms with Crippen LogP contribution in [0, 0.1) is 0 Å². The lowest BCUT2D eigenvalue weighted by Crippen LogP contribution is -2.45. The largest absolute Gasteiger partial charge is 0.435 e. The van der Waals surface area contributed by atoms with Gasteiger partial charge in [0.2, 0.25) is 5.91 Å². The molecular formula is C21H24F2N2O3Si. The van der Waals surface area contributed by atoms with E-state index in [1.54, 1.807) is 36.4 Å². The Balaban J connectivity index is 1.88. The van der Waals surface area contributed by atoms with E-state index in [4.69, 9.17) is 0 Å². The van der Waals surface area contributed by atoms with Gasteiger partial charge in [-0.05, 0) is 29.3 Å². The second-order valence-corrected chi connectivity index (χ2v) is 13.7. The third-order valence-corrected chi connectivity index (χ3v) is 5.81. The number of fused-ring (bicyclic) bond motifs is 1. The van der Waals surface area contributed by atoms with Crippen LogP contribution in [0.4, 0.5) is 8.78 Å². The van der Waals surface area contributed by atoms with Gasteiger partial charge >= 0.3 is 6.61 Å². The minimum absolute atomic E-state index is 0.0152. The van der Waals surface area contributed by atoms with Crippen LogP contribution in [0.15, 0.2) is 48.5 Å². The van der Waals surface area contributed by atoms with Crippen LogP contribution >= 0.6 is 0 Å². The van der Waals surface area contributed by atoms with Crippen molar-refractivity contribution in [2.75, 3.05) is 6.17 Å². The first-order chi connectivity index (χ1) is 13.7. The third-order valence-electron chi connectivity index (χ3n) is 4.58. The average Bonchev–Trinajstić information content (AvgIpc) is 2.91. The Bertz CT molecular complexity index is 915. The number of benzene rings is 2. The summed E-state index contributed by atoms with van der Waals surface area (Å²) in [6, 6.07) is 12.5. The fourth-order valence-corrected chi connectivity index (χ4v) is 3.99. The molecule has 0 spiro atoms. The van der Waals surface area contributed by atoms with E-state index in [1.807, 2.05) is 0 Å². The van der Waals surface area contributed by atoms with Gasteiger partial charge in [0.25, 0.3) is 5.91 Å². The first-order valence-electron chi connectivity index (χ1n) is 9.37. The Morgan fingerprint density at radius 3 is 2.59 bits per heavy atom. The lowest BCUT2D eigenvalue weighted by atomic mass is 10.0. The van der Waals surface area contributed by atoms with Gasteiger partial charge in [0.1, 0.15) is 11.8 Å². The van der Waals surface area contributed by atoms with Crippen LogP contribution in [0.25, 0.3) is 0 Å². The van der Waals surface area contributed by atoms with E-state index >= 15 is 0 Å². The van der Waals surface area contributed by atoms with Crippen molar-refractivity contribution < 1.29 is 23.1 Å². The van der Waals surface area contributed by atoms with Crippen LogP contribution in [0.1, 0.15) is 27.5 Å². The van der Waals surface area contributed by atoms with Crippen molar-refractivity contribution in [3.63, 3.8) is 0 Å². The number of nitrogens with one attached hydrogen (secondary N) is 1. The van der Waals surface area contributed by atoms with Crippen molar-refractivity contribution in [2.24, 2.45) is 0 Å². The number of hydrogen-bond donors (Lipinski definition) is 1. The second-order valence-electron chi connectivity index (χ2n) is 8.23. The Kier molecular flexibility index (Phi) is 6.02. The van der Waals surface area contributed by atoms with Gasteiger partial charge in [0.15, 0.2) is 0 Å². The maximum Gasteiger partial charge on any atom is 0.387 e. The molecule has 5 nitrogen and oxygen atoms in total. The van der Waals surface area contributed by atoms with Crippen LogP contribution in [0.2, 0.25) is 19.6 Å². The molecule has 0 aromatic heterocycles. The highest BCUT2D eigenvalue weighted by Crippen LogP contribution is 2.35. The molecule has 154 valence electrons. The summed E-state index contributed by atoms with van der Waals surface area (Å²) in [5.41, 5.74) is 1.75. The first kappa shape index (κ1) is 21.0. The molecule has 1 unspecified atom stereocenters. The van der Waals surface area contributed by atoms with Gasteiger partial charge in [-0.1, -0.05) is 50.0 Å². The smallest absolute Gasteiger partial charge is 0.387 e. The van der Waals surface area contributed by atoms with Gasteiger partial charge in [-0.15, -0.1) is 0 Å². The summed E-state index contributed by atoms with van der Waals surface area (Å²) in [4.78, 5) is 27.5. The number of amides is 2. The highest BCUT2D eigenvalue weighted by molar-refractivity contribution is 6.76. The van der Waals surface area contributed by atoms with Gasteiger partial charge in [-0.3, -0.25) is 9.59 Å². The van der Waals surface area contributed by atoms with Crippen molar-refractivity contribution in [1.82, 2.24) is 10.2 Å². The number of ether oxygens (including phenoxy) is 1. The first-order valence-corrected chi connectivity index (χ1v) is 13.1. The highest BCUT2D eigenvalue weighted by Gasteiger charge is 2.41. The van der Waals surface area contributed by atoms with E-state index in [-0.39, 0.29) is 24.1 Å². The molecule has 1 N–H and O–H groups in total. The van der Waals surface area contributed by atoms with E-state index in [9.17, 15) is 18.4 Å². The molecule has 1 heterocycles. The number of carbonyl (C=O) groups excluding carboxylic acids is 2. The molecule has 2 amide bonds. The molecule has 29 heavy (non-hydrogen) atoms. The molecule has 0 radical (unpaired) electrons. The van der Waals surface area contributed by atoms with E-state index in [0.717, 1.165) is 0 Å². The van der Waals surface area contributed by atoms with Crippen molar-refractivity contribution in [1.29, 1.82) is 0 Å². The van der Waals surface area contributed by atoms with Gasteiger partial charge in [-0.2, -0.15) is 8.78 Å². The van der Waals surface area contributed by atoms with E-state index in [1.165, 1.54) is 17.0 Å². The molecule has 0 fully saturated rings. The molecule has 1 atom stereocenters. The number of carbonyl (C=O) groups is 2. The number of alkyl halides is 2. The zero-order chi connectivity index (χ0) is 21.2. The lowest BCUT2D eigenvalue weighted by Gasteiger charge is -2.26. The SMILES string of the molecule is C[Si](C)(C)CNC(=O)C1c2ccccc2C(=O)N1Cc1cccc(OC(F)F)c1. The standard InChI is InChI=1S/C21H24F2N2O3Si/c1-29(2,3)13-24-19(26)18-16-9-4-5-10-17(16)20(27)25(18)12-14-7-6-8-15(11-14)28-21(22)23/h4-11,18,21H,12-13H2,1-3H3,(H,24,26). The molecule has 0 saturated heterocycles. The maximum absolute atomic E-state index is 13.0. The van der Waals surface area contributed by atoms with Gasteiger partial charge in [0, 0.05) is 18.3 Å². The molecule has 1 aliphatic heterocycles. The number of halogens is 2. The minimum Gasteiger partial charge on any atom is -0.435 e. The van der Waals surface area contributed by atoms with Crippen molar-refractivity contribution in [3.8, 4) is 5.75 Å². The molecule has 2 aromatic carbocycles. The van der Waals surface area contributed by atoms with Crippen molar-refractivity contribution >= 4 is 19.9 Å². The summed E-state index contributed by atoms with van der Waals surface area (Å²) in [5, 5.41) is 2.98. The topological polar surface area (TPSA) is 58.6 Å². The predicted molar refractivity (Wildman–Crippen MR) is 108 cm³/mol. The molecule has 0 bridgehead atoms. The summed E-state index contributed by atoms with van der Waals surface area (Å²) in [6.07, 6.45) is 0.601. The predicted octanol–water partition coefficient (Wildman–Crippen LogP) is 3.98. The zero-order valence-electron chi connectivity index (χ0n) is 16.6. The van der Waals surface area contributed by atoms with Crippen LogP contribution < -0.4 is 10.1 Å². The number of rotatable bonds is 7. The normalized spacial score (nSPS) is 16.1. The van der Waals surface area contributed by atoms with Gasteiger partial charge in [0.05, 0.1) is 8.07 Å². The van der Waals surface area contributed by atoms with E-state index in [0.29, 0.717) is 22.9 Å². The summed E-state index contributed by atoms with van der Waals surface area (Å²) >= 11 is 0. The molecule has 8 heteroatoms. The van der Waals surface area contributed by atoms with Crippen LogP contribution in [0.5, 0.6) is 5.75 Å². The summed E-state index contributed by atoms with van der Waals surface area (Å²) in [6.45, 7) is 3.62. The van der Waals surface area contributed by atoms with Gasteiger partial charge < -0.3 is 15.0 Å². The summed E-state index contributed by atoms with van der Waals surface area (Å²) in [5.74, 6) is -0.471. The van der Waals surface area contributed by atoms with Crippen LogP contribution in [0.3, 0.4) is 0 Å². The summed E-state index contributed by atoms with van der Waals surface area (Å²) < 4.78 is 29.5. The minimum atomic E-state index is -2.93. The van der Waals surface area contributed by atoms with Crippen molar-refractivity contribution in [3.05, 3.63) is 65.2 Å². The summed E-state index contributed by atoms with van der Waals surface area (Å²) in [7, 11) is -1.52. The second kappa shape index (κ2) is 8.32. The fourth-order valence-electron chi connectivity index (χ4n) is 3.28. The third kappa shape index (κ3) is 5.00. The fraction of sp³-hybridized carbons (Fsp3) is 0.333. The Morgan fingerprint density at radius 1 is 1.17 bits per heavy atom. The average molecular weight is 419 g/mol. The monoisotopic (exact) mass is 418 g/mol. The number of hydrogen-bond acceptors (Lipinski definition) is 3.